The van der Waals surface area contributed by atoms with E-state index >= 15 is 0 Å². The van der Waals surface area contributed by atoms with Crippen LogP contribution in [0, 0.1) is 5.92 Å². The molecule has 100 valence electrons. The van der Waals surface area contributed by atoms with Crippen LogP contribution in [0.25, 0.3) is 0 Å². The average molecular weight is 241 g/mol. The number of hydrogen-bond donors (Lipinski definition) is 0. The van der Waals surface area contributed by atoms with E-state index in [1.165, 1.54) is 0 Å². The number of allylic oxidation sites excluding steroid dienone is 2. The van der Waals surface area contributed by atoms with Gasteiger partial charge in [-0.3, -0.25) is 0 Å². The Morgan fingerprint density at radius 3 is 2.47 bits per heavy atom. The van der Waals surface area contributed by atoms with Crippen LogP contribution in [0.5, 0.6) is 0 Å². The molecule has 0 saturated heterocycles. The third kappa shape index (κ3) is 8.78. The van der Waals surface area contributed by atoms with Crippen LogP contribution in [-0.4, -0.2) is 30.2 Å². The number of rotatable bonds is 5. The summed E-state index contributed by atoms with van der Waals surface area (Å²) in [5, 5.41) is 0. The third-order valence-electron chi connectivity index (χ3n) is 2.33. The minimum absolute atomic E-state index is 0.246. The summed E-state index contributed by atoms with van der Waals surface area (Å²) in [7, 11) is 1.78. The molecule has 1 atom stereocenters. The summed E-state index contributed by atoms with van der Waals surface area (Å²) in [6, 6.07) is 0. The van der Waals surface area contributed by atoms with E-state index in [0.29, 0.717) is 5.92 Å². The highest BCUT2D eigenvalue weighted by atomic mass is 16.6. The maximum Gasteiger partial charge on any atom is 0.410 e. The molecule has 0 saturated carbocycles. The van der Waals surface area contributed by atoms with Gasteiger partial charge in [0.25, 0.3) is 0 Å². The summed E-state index contributed by atoms with van der Waals surface area (Å²) in [6.45, 7) is 10.7. The van der Waals surface area contributed by atoms with Gasteiger partial charge in [-0.05, 0) is 39.5 Å². The molecule has 1 unspecified atom stereocenters. The molecule has 1 amide bonds. The van der Waals surface area contributed by atoms with Gasteiger partial charge in [-0.15, -0.1) is 0 Å². The van der Waals surface area contributed by atoms with Crippen LogP contribution in [0.2, 0.25) is 0 Å². The molecule has 0 aromatic heterocycles. The predicted octanol–water partition coefficient (Wildman–Crippen LogP) is 3.85. The van der Waals surface area contributed by atoms with Gasteiger partial charge < -0.3 is 9.64 Å². The highest BCUT2D eigenvalue weighted by Gasteiger charge is 2.19. The Hall–Kier alpha value is -0.990. The molecule has 0 N–H and O–H groups in total. The van der Waals surface area contributed by atoms with Crippen LogP contribution >= 0.6 is 0 Å². The molecular weight excluding hydrogens is 214 g/mol. The van der Waals surface area contributed by atoms with Crippen molar-refractivity contribution in [3.63, 3.8) is 0 Å². The van der Waals surface area contributed by atoms with Gasteiger partial charge in [-0.2, -0.15) is 0 Å². The number of amides is 1. The van der Waals surface area contributed by atoms with Crippen molar-refractivity contribution in [1.82, 2.24) is 4.90 Å². The van der Waals surface area contributed by atoms with Crippen molar-refractivity contribution in [3.8, 4) is 0 Å². The molecule has 0 aliphatic heterocycles. The molecule has 3 nitrogen and oxygen atoms in total. The summed E-state index contributed by atoms with van der Waals surface area (Å²) < 4.78 is 5.28. The Labute approximate surface area is 106 Å². The summed E-state index contributed by atoms with van der Waals surface area (Å²) in [6.07, 6.45) is 6.14. The SMILES string of the molecule is CC/C=C\C(C)CCN(C)C(=O)OC(C)(C)C. The van der Waals surface area contributed by atoms with Crippen molar-refractivity contribution < 1.29 is 9.53 Å². The molecule has 0 rings (SSSR count). The lowest BCUT2D eigenvalue weighted by molar-refractivity contribution is 0.0293. The number of carbonyl (C=O) groups is 1. The van der Waals surface area contributed by atoms with E-state index in [1.54, 1.807) is 11.9 Å². The normalized spacial score (nSPS) is 13.8. The molecule has 0 bridgehead atoms. The standard InChI is InChI=1S/C14H27NO2/c1-7-8-9-12(2)10-11-15(6)13(16)17-14(3,4)5/h8-9,12H,7,10-11H2,1-6H3/b9-8-. The van der Waals surface area contributed by atoms with Gasteiger partial charge in [0.05, 0.1) is 0 Å². The molecule has 0 aromatic carbocycles. The molecule has 0 heterocycles. The van der Waals surface area contributed by atoms with Crippen molar-refractivity contribution in [2.45, 2.75) is 53.1 Å². The fourth-order valence-corrected chi connectivity index (χ4v) is 1.29. The predicted molar refractivity (Wildman–Crippen MR) is 72.1 cm³/mol. The molecule has 0 aliphatic carbocycles. The lowest BCUT2D eigenvalue weighted by Gasteiger charge is -2.25. The average Bonchev–Trinajstić information content (AvgIpc) is 2.20. The summed E-state index contributed by atoms with van der Waals surface area (Å²) >= 11 is 0. The van der Waals surface area contributed by atoms with E-state index in [0.717, 1.165) is 19.4 Å². The smallest absolute Gasteiger partial charge is 0.410 e. The van der Waals surface area contributed by atoms with Crippen molar-refractivity contribution in [2.75, 3.05) is 13.6 Å². The van der Waals surface area contributed by atoms with Gasteiger partial charge in [0, 0.05) is 13.6 Å². The Morgan fingerprint density at radius 2 is 2.00 bits per heavy atom. The van der Waals surface area contributed by atoms with Crippen LogP contribution in [-0.2, 0) is 4.74 Å². The van der Waals surface area contributed by atoms with E-state index in [2.05, 4.69) is 26.0 Å². The Balaban J connectivity index is 3.97. The van der Waals surface area contributed by atoms with Gasteiger partial charge in [0.15, 0.2) is 0 Å². The Bertz CT molecular complexity index is 253. The maximum atomic E-state index is 11.7. The minimum Gasteiger partial charge on any atom is -0.444 e. The van der Waals surface area contributed by atoms with E-state index in [-0.39, 0.29) is 6.09 Å². The zero-order chi connectivity index (χ0) is 13.5. The quantitative estimate of drug-likeness (QED) is 0.684. The highest BCUT2D eigenvalue weighted by Crippen LogP contribution is 2.11. The first kappa shape index (κ1) is 16.0. The van der Waals surface area contributed by atoms with Crippen molar-refractivity contribution >= 4 is 6.09 Å². The van der Waals surface area contributed by atoms with E-state index in [1.807, 2.05) is 20.8 Å². The van der Waals surface area contributed by atoms with Gasteiger partial charge >= 0.3 is 6.09 Å². The van der Waals surface area contributed by atoms with Crippen LogP contribution in [0.4, 0.5) is 4.79 Å². The summed E-state index contributed by atoms with van der Waals surface area (Å²) in [5.41, 5.74) is -0.418. The van der Waals surface area contributed by atoms with Crippen LogP contribution in [0.3, 0.4) is 0 Å². The second-order valence-electron chi connectivity index (χ2n) is 5.50. The molecule has 0 radical (unpaired) electrons. The number of carbonyl (C=O) groups excluding carboxylic acids is 1. The van der Waals surface area contributed by atoms with E-state index in [4.69, 9.17) is 4.74 Å². The minimum atomic E-state index is -0.418. The Morgan fingerprint density at radius 1 is 1.41 bits per heavy atom. The highest BCUT2D eigenvalue weighted by molar-refractivity contribution is 5.67. The lowest BCUT2D eigenvalue weighted by atomic mass is 10.1. The summed E-state index contributed by atoms with van der Waals surface area (Å²) in [5.74, 6) is 0.500. The number of nitrogens with zero attached hydrogens (tertiary/aromatic N) is 1. The third-order valence-corrected chi connectivity index (χ3v) is 2.33. The topological polar surface area (TPSA) is 29.5 Å². The molecule has 0 aromatic rings. The number of hydrogen-bond acceptors (Lipinski definition) is 2. The van der Waals surface area contributed by atoms with Gasteiger partial charge in [-0.1, -0.05) is 26.0 Å². The lowest BCUT2D eigenvalue weighted by Crippen LogP contribution is -2.35. The molecule has 17 heavy (non-hydrogen) atoms. The zero-order valence-corrected chi connectivity index (χ0v) is 12.1. The van der Waals surface area contributed by atoms with E-state index in [9.17, 15) is 4.79 Å². The van der Waals surface area contributed by atoms with Gasteiger partial charge in [0.1, 0.15) is 5.60 Å². The fraction of sp³-hybridized carbons (Fsp3) is 0.786. The monoisotopic (exact) mass is 241 g/mol. The van der Waals surface area contributed by atoms with Crippen LogP contribution in [0.1, 0.15) is 47.5 Å². The maximum absolute atomic E-state index is 11.7. The van der Waals surface area contributed by atoms with E-state index < -0.39 is 5.60 Å². The molecule has 0 spiro atoms. The fourth-order valence-electron chi connectivity index (χ4n) is 1.29. The first-order valence-corrected chi connectivity index (χ1v) is 6.37. The van der Waals surface area contributed by atoms with Crippen molar-refractivity contribution in [1.29, 1.82) is 0 Å². The van der Waals surface area contributed by atoms with Crippen LogP contribution in [0.15, 0.2) is 12.2 Å². The second kappa shape index (κ2) is 7.36. The molecular formula is C14H27NO2. The largest absolute Gasteiger partial charge is 0.444 e. The zero-order valence-electron chi connectivity index (χ0n) is 12.1. The number of ether oxygens (including phenoxy) is 1. The summed E-state index contributed by atoms with van der Waals surface area (Å²) in [4.78, 5) is 13.3. The van der Waals surface area contributed by atoms with Gasteiger partial charge in [0.2, 0.25) is 0 Å². The van der Waals surface area contributed by atoms with Crippen LogP contribution < -0.4 is 0 Å². The first-order valence-electron chi connectivity index (χ1n) is 6.37. The molecule has 0 fully saturated rings. The second-order valence-corrected chi connectivity index (χ2v) is 5.50. The first-order chi connectivity index (χ1) is 7.76. The molecule has 0 aliphatic rings. The Kier molecular flexibility index (Phi) is 6.93. The van der Waals surface area contributed by atoms with Gasteiger partial charge in [-0.25, -0.2) is 4.79 Å². The molecule has 3 heteroatoms. The van der Waals surface area contributed by atoms with Crippen molar-refractivity contribution in [2.24, 2.45) is 5.92 Å². The van der Waals surface area contributed by atoms with Crippen molar-refractivity contribution in [3.05, 3.63) is 12.2 Å².